The molecule has 10 heteroatoms. The van der Waals surface area contributed by atoms with Crippen LogP contribution in [0.15, 0.2) is 54.9 Å². The van der Waals surface area contributed by atoms with E-state index in [0.717, 1.165) is 23.1 Å². The van der Waals surface area contributed by atoms with E-state index in [1.54, 1.807) is 32.5 Å². The van der Waals surface area contributed by atoms with Crippen molar-refractivity contribution in [2.45, 2.75) is 25.3 Å². The van der Waals surface area contributed by atoms with Crippen LogP contribution >= 0.6 is 0 Å². The zero-order valence-electron chi connectivity index (χ0n) is 21.5. The van der Waals surface area contributed by atoms with E-state index in [2.05, 4.69) is 15.6 Å². The number of nitrogens with one attached hydrogen (secondary N) is 2. The molecule has 10 nitrogen and oxygen atoms in total. The molecule has 0 aliphatic carbocycles. The van der Waals surface area contributed by atoms with Crippen molar-refractivity contribution in [1.29, 1.82) is 0 Å². The lowest BCUT2D eigenvalue weighted by molar-refractivity contribution is -0.124. The first kappa shape index (κ1) is 25.1. The Morgan fingerprint density at radius 1 is 1.13 bits per heavy atom. The second kappa shape index (κ2) is 10.8. The van der Waals surface area contributed by atoms with Gasteiger partial charge in [0.1, 0.15) is 28.5 Å². The highest BCUT2D eigenvalue weighted by Crippen LogP contribution is 2.34. The summed E-state index contributed by atoms with van der Waals surface area (Å²) < 4.78 is 17.6. The number of hydrogen-bond donors (Lipinski definition) is 2. The molecule has 1 aliphatic rings. The van der Waals surface area contributed by atoms with E-state index in [4.69, 9.17) is 19.2 Å². The summed E-state index contributed by atoms with van der Waals surface area (Å²) in [5.41, 5.74) is 3.55. The minimum absolute atomic E-state index is 0.0370. The molecule has 0 bridgehead atoms. The number of carbonyl (C=O) groups excluding carboxylic acids is 2. The first-order valence-corrected chi connectivity index (χ1v) is 12.3. The molecule has 0 spiro atoms. The molecule has 2 aromatic heterocycles. The third-order valence-corrected chi connectivity index (χ3v) is 6.70. The van der Waals surface area contributed by atoms with E-state index in [-0.39, 0.29) is 11.8 Å². The number of carbonyl (C=O) groups is 2. The second-order valence-electron chi connectivity index (χ2n) is 8.90. The smallest absolute Gasteiger partial charge is 0.337 e. The zero-order valence-corrected chi connectivity index (χ0v) is 21.5. The SMILES string of the molecule is COC(=O)c1ccc(-c2nc(C3CCCNC3=O)n3ccnc(NCc4ccc(OC)cc4OC)c23)cc1. The number of rotatable bonds is 8. The molecule has 3 heterocycles. The molecule has 2 N–H and O–H groups in total. The Morgan fingerprint density at radius 3 is 2.66 bits per heavy atom. The van der Waals surface area contributed by atoms with Crippen molar-refractivity contribution >= 4 is 23.2 Å². The molecule has 2 aromatic carbocycles. The maximum Gasteiger partial charge on any atom is 0.337 e. The van der Waals surface area contributed by atoms with Gasteiger partial charge in [0.15, 0.2) is 5.82 Å². The molecule has 5 rings (SSSR count). The van der Waals surface area contributed by atoms with Crippen molar-refractivity contribution in [3.05, 3.63) is 71.8 Å². The summed E-state index contributed by atoms with van der Waals surface area (Å²) in [5, 5.41) is 6.38. The Hall–Kier alpha value is -4.60. The summed E-state index contributed by atoms with van der Waals surface area (Å²) >= 11 is 0. The lowest BCUT2D eigenvalue weighted by atomic mass is 9.98. The van der Waals surface area contributed by atoms with Crippen LogP contribution in [0.4, 0.5) is 5.82 Å². The molecule has 1 fully saturated rings. The van der Waals surface area contributed by atoms with Crippen LogP contribution in [-0.4, -0.2) is 54.1 Å². The molecule has 1 amide bonds. The van der Waals surface area contributed by atoms with Crippen molar-refractivity contribution in [3.8, 4) is 22.8 Å². The average molecular weight is 516 g/mol. The minimum Gasteiger partial charge on any atom is -0.497 e. The van der Waals surface area contributed by atoms with E-state index in [9.17, 15) is 9.59 Å². The number of amides is 1. The van der Waals surface area contributed by atoms with Gasteiger partial charge in [-0.1, -0.05) is 12.1 Å². The van der Waals surface area contributed by atoms with Crippen LogP contribution in [0, 0.1) is 0 Å². The van der Waals surface area contributed by atoms with E-state index in [0.29, 0.717) is 53.9 Å². The number of methoxy groups -OCH3 is 3. The number of nitrogens with zero attached hydrogens (tertiary/aromatic N) is 3. The highest BCUT2D eigenvalue weighted by atomic mass is 16.5. The van der Waals surface area contributed by atoms with Crippen LogP contribution < -0.4 is 20.1 Å². The van der Waals surface area contributed by atoms with Crippen molar-refractivity contribution < 1.29 is 23.8 Å². The molecule has 1 unspecified atom stereocenters. The van der Waals surface area contributed by atoms with Crippen molar-refractivity contribution in [3.63, 3.8) is 0 Å². The van der Waals surface area contributed by atoms with Crippen molar-refractivity contribution in [1.82, 2.24) is 19.7 Å². The summed E-state index contributed by atoms with van der Waals surface area (Å²) in [5.74, 6) is 1.82. The molecular formula is C28H29N5O5. The second-order valence-corrected chi connectivity index (χ2v) is 8.90. The topological polar surface area (TPSA) is 116 Å². The van der Waals surface area contributed by atoms with Gasteiger partial charge in [0.2, 0.25) is 5.91 Å². The van der Waals surface area contributed by atoms with Crippen LogP contribution in [0.1, 0.15) is 40.5 Å². The Balaban J connectivity index is 1.59. The number of piperidine rings is 1. The number of ether oxygens (including phenoxy) is 3. The van der Waals surface area contributed by atoms with Gasteiger partial charge in [-0.3, -0.25) is 9.20 Å². The van der Waals surface area contributed by atoms with Crippen LogP contribution in [0.5, 0.6) is 11.5 Å². The van der Waals surface area contributed by atoms with Crippen LogP contribution in [0.25, 0.3) is 16.8 Å². The summed E-state index contributed by atoms with van der Waals surface area (Å²) in [6.45, 7) is 1.10. The normalized spacial score (nSPS) is 15.1. The fourth-order valence-electron chi connectivity index (χ4n) is 4.72. The predicted octanol–water partition coefficient (Wildman–Crippen LogP) is 3.81. The molecule has 4 aromatic rings. The van der Waals surface area contributed by atoms with E-state index < -0.39 is 5.97 Å². The van der Waals surface area contributed by atoms with Crippen LogP contribution in [-0.2, 0) is 16.1 Å². The zero-order chi connectivity index (χ0) is 26.6. The maximum absolute atomic E-state index is 12.8. The Morgan fingerprint density at radius 2 is 1.95 bits per heavy atom. The van der Waals surface area contributed by atoms with Gasteiger partial charge in [-0.25, -0.2) is 14.8 Å². The monoisotopic (exact) mass is 515 g/mol. The van der Waals surface area contributed by atoms with Crippen LogP contribution in [0.3, 0.4) is 0 Å². The molecule has 1 saturated heterocycles. The van der Waals surface area contributed by atoms with Gasteiger partial charge in [0, 0.05) is 42.7 Å². The molecule has 0 saturated carbocycles. The number of anilines is 1. The first-order chi connectivity index (χ1) is 18.5. The summed E-state index contributed by atoms with van der Waals surface area (Å²) in [7, 11) is 4.58. The highest BCUT2D eigenvalue weighted by Gasteiger charge is 2.30. The summed E-state index contributed by atoms with van der Waals surface area (Å²) in [6, 6.07) is 12.7. The summed E-state index contributed by atoms with van der Waals surface area (Å²) in [6.07, 6.45) is 5.10. The molecule has 38 heavy (non-hydrogen) atoms. The van der Waals surface area contributed by atoms with Gasteiger partial charge in [-0.2, -0.15) is 0 Å². The highest BCUT2D eigenvalue weighted by molar-refractivity contribution is 5.92. The largest absolute Gasteiger partial charge is 0.497 e. The standard InChI is InChI=1S/C28H29N5O5/c1-36-20-11-10-19(22(15-20)37-2)16-31-25-24-23(17-6-8-18(9-7-17)28(35)38-3)32-26(33(24)14-13-29-25)21-5-4-12-30-27(21)34/h6-11,13-15,21H,4-5,12,16H2,1-3H3,(H,29,31)(H,30,34). The third-order valence-electron chi connectivity index (χ3n) is 6.70. The average Bonchev–Trinajstić information content (AvgIpc) is 3.36. The fraction of sp³-hybridized carbons (Fsp3) is 0.286. The van der Waals surface area contributed by atoms with Gasteiger partial charge < -0.3 is 24.8 Å². The van der Waals surface area contributed by atoms with Gasteiger partial charge in [-0.05, 0) is 37.1 Å². The minimum atomic E-state index is -0.414. The van der Waals surface area contributed by atoms with E-state index in [1.807, 2.05) is 40.9 Å². The molecule has 196 valence electrons. The Labute approximate surface area is 220 Å². The van der Waals surface area contributed by atoms with Gasteiger partial charge in [0.05, 0.1) is 32.8 Å². The molecule has 1 atom stereocenters. The molecular weight excluding hydrogens is 486 g/mol. The lowest BCUT2D eigenvalue weighted by Gasteiger charge is -2.20. The van der Waals surface area contributed by atoms with E-state index >= 15 is 0 Å². The van der Waals surface area contributed by atoms with Crippen LogP contribution in [0.2, 0.25) is 0 Å². The van der Waals surface area contributed by atoms with Gasteiger partial charge in [0.25, 0.3) is 0 Å². The summed E-state index contributed by atoms with van der Waals surface area (Å²) in [4.78, 5) is 34.3. The Kier molecular flexibility index (Phi) is 7.12. The van der Waals surface area contributed by atoms with Crippen molar-refractivity contribution in [2.75, 3.05) is 33.2 Å². The number of imidazole rings is 1. The number of aromatic nitrogens is 3. The maximum atomic E-state index is 12.8. The molecule has 0 radical (unpaired) electrons. The first-order valence-electron chi connectivity index (χ1n) is 12.3. The Bertz CT molecular complexity index is 1480. The quantitative estimate of drug-likeness (QED) is 0.341. The predicted molar refractivity (Wildman–Crippen MR) is 142 cm³/mol. The molecule has 1 aliphatic heterocycles. The number of fused-ring (bicyclic) bond motifs is 1. The third kappa shape index (κ3) is 4.72. The van der Waals surface area contributed by atoms with E-state index in [1.165, 1.54) is 7.11 Å². The van der Waals surface area contributed by atoms with Gasteiger partial charge >= 0.3 is 5.97 Å². The fourth-order valence-corrected chi connectivity index (χ4v) is 4.72. The number of esters is 1. The van der Waals surface area contributed by atoms with Gasteiger partial charge in [-0.15, -0.1) is 0 Å². The van der Waals surface area contributed by atoms with Crippen molar-refractivity contribution in [2.24, 2.45) is 0 Å². The number of hydrogen-bond acceptors (Lipinski definition) is 8. The lowest BCUT2D eigenvalue weighted by Crippen LogP contribution is -2.35. The number of benzene rings is 2.